The van der Waals surface area contributed by atoms with Gasteiger partial charge in [0, 0.05) is 19.4 Å². The van der Waals surface area contributed by atoms with E-state index in [-0.39, 0.29) is 0 Å². The van der Waals surface area contributed by atoms with Crippen molar-refractivity contribution in [2.24, 2.45) is 12.9 Å². The lowest BCUT2D eigenvalue weighted by molar-refractivity contribution is 0.788. The van der Waals surface area contributed by atoms with E-state index in [0.717, 1.165) is 5.16 Å². The van der Waals surface area contributed by atoms with Gasteiger partial charge in [0.1, 0.15) is 5.03 Å². The van der Waals surface area contributed by atoms with Crippen molar-refractivity contribution in [1.29, 1.82) is 0 Å². The Labute approximate surface area is 112 Å². The first-order valence-electron chi connectivity index (χ1n) is 4.59. The SMILES string of the molecule is Cn1ccnc1Sc1nc(NN)c(Cl)cc1Cl. The first-order valence-corrected chi connectivity index (χ1v) is 6.17. The highest BCUT2D eigenvalue weighted by atomic mass is 35.5. The number of nitrogens with zero attached hydrogens (tertiary/aromatic N) is 3. The minimum atomic E-state index is 0.377. The zero-order valence-electron chi connectivity index (χ0n) is 8.82. The molecule has 0 aliphatic carbocycles. The minimum absolute atomic E-state index is 0.377. The molecule has 3 N–H and O–H groups in total. The molecule has 0 saturated carbocycles. The summed E-state index contributed by atoms with van der Waals surface area (Å²) in [6.45, 7) is 0. The van der Waals surface area contributed by atoms with Crippen molar-refractivity contribution in [3.8, 4) is 0 Å². The second kappa shape index (κ2) is 5.14. The normalized spacial score (nSPS) is 10.6. The summed E-state index contributed by atoms with van der Waals surface area (Å²) in [6, 6.07) is 1.59. The maximum atomic E-state index is 6.05. The number of hydrogen-bond donors (Lipinski definition) is 2. The summed E-state index contributed by atoms with van der Waals surface area (Å²) >= 11 is 13.3. The minimum Gasteiger partial charge on any atom is -0.329 e. The van der Waals surface area contributed by atoms with Gasteiger partial charge < -0.3 is 9.99 Å². The smallest absolute Gasteiger partial charge is 0.174 e. The Morgan fingerprint density at radius 2 is 2.18 bits per heavy atom. The number of aromatic nitrogens is 3. The number of aryl methyl sites for hydroxylation is 1. The number of pyridine rings is 1. The van der Waals surface area contributed by atoms with Crippen molar-refractivity contribution in [2.75, 3.05) is 5.43 Å². The van der Waals surface area contributed by atoms with Crippen molar-refractivity contribution in [3.05, 3.63) is 28.5 Å². The van der Waals surface area contributed by atoms with Crippen LogP contribution in [-0.2, 0) is 7.05 Å². The second-order valence-corrected chi connectivity index (χ2v) is 4.94. The van der Waals surface area contributed by atoms with Crippen molar-refractivity contribution < 1.29 is 0 Å². The zero-order chi connectivity index (χ0) is 12.4. The second-order valence-electron chi connectivity index (χ2n) is 3.17. The largest absolute Gasteiger partial charge is 0.329 e. The summed E-state index contributed by atoms with van der Waals surface area (Å²) in [6.07, 6.45) is 3.54. The van der Waals surface area contributed by atoms with Crippen LogP contribution >= 0.6 is 35.0 Å². The molecule has 0 aliphatic heterocycles. The van der Waals surface area contributed by atoms with E-state index in [0.29, 0.717) is 20.9 Å². The molecule has 5 nitrogen and oxygen atoms in total. The monoisotopic (exact) mass is 289 g/mol. The van der Waals surface area contributed by atoms with Crippen LogP contribution in [0.15, 0.2) is 28.6 Å². The molecular formula is C9H9Cl2N5S. The van der Waals surface area contributed by atoms with Gasteiger partial charge in [-0.3, -0.25) is 0 Å². The van der Waals surface area contributed by atoms with Gasteiger partial charge in [-0.25, -0.2) is 15.8 Å². The molecule has 0 atom stereocenters. The fraction of sp³-hybridized carbons (Fsp3) is 0.111. The Bertz CT molecular complexity index is 542. The molecular weight excluding hydrogens is 281 g/mol. The summed E-state index contributed by atoms with van der Waals surface area (Å²) in [5.41, 5.74) is 2.41. The third-order valence-corrected chi connectivity index (χ3v) is 3.77. The number of rotatable bonds is 3. The van der Waals surface area contributed by atoms with E-state index in [2.05, 4.69) is 15.4 Å². The molecule has 2 aromatic heterocycles. The van der Waals surface area contributed by atoms with Gasteiger partial charge >= 0.3 is 0 Å². The van der Waals surface area contributed by atoms with Crippen LogP contribution in [0.2, 0.25) is 10.0 Å². The van der Waals surface area contributed by atoms with Crippen molar-refractivity contribution >= 4 is 40.8 Å². The first-order chi connectivity index (χ1) is 8.11. The molecule has 0 aromatic carbocycles. The summed E-state index contributed by atoms with van der Waals surface area (Å²) < 4.78 is 1.87. The molecule has 8 heteroatoms. The standard InChI is InChI=1S/C9H9Cl2N5S/c1-16-3-2-13-9(16)17-8-6(11)4-5(10)7(14-8)15-12/h2-4H,12H2,1H3,(H,14,15). The van der Waals surface area contributed by atoms with Crippen molar-refractivity contribution in [3.63, 3.8) is 0 Å². The molecule has 90 valence electrons. The van der Waals surface area contributed by atoms with E-state index in [4.69, 9.17) is 29.0 Å². The molecule has 17 heavy (non-hydrogen) atoms. The maximum absolute atomic E-state index is 6.05. The molecule has 0 fully saturated rings. The van der Waals surface area contributed by atoms with Gasteiger partial charge in [-0.15, -0.1) is 0 Å². The third kappa shape index (κ3) is 2.66. The predicted molar refractivity (Wildman–Crippen MR) is 69.4 cm³/mol. The Morgan fingerprint density at radius 3 is 2.76 bits per heavy atom. The fourth-order valence-corrected chi connectivity index (χ4v) is 2.47. The number of anilines is 1. The zero-order valence-corrected chi connectivity index (χ0v) is 11.1. The lowest BCUT2D eigenvalue weighted by atomic mass is 10.4. The predicted octanol–water partition coefficient (Wildman–Crippen LogP) is 2.56. The molecule has 0 saturated heterocycles. The number of nitrogen functional groups attached to an aromatic ring is 1. The Kier molecular flexibility index (Phi) is 3.78. The van der Waals surface area contributed by atoms with Gasteiger partial charge in [-0.05, 0) is 17.8 Å². The maximum Gasteiger partial charge on any atom is 0.174 e. The molecule has 0 spiro atoms. The fourth-order valence-electron chi connectivity index (χ4n) is 1.16. The molecule has 0 radical (unpaired) electrons. The van der Waals surface area contributed by atoms with E-state index in [1.807, 2.05) is 17.8 Å². The summed E-state index contributed by atoms with van der Waals surface area (Å²) in [5.74, 6) is 5.68. The van der Waals surface area contributed by atoms with E-state index >= 15 is 0 Å². The van der Waals surface area contributed by atoms with Crippen LogP contribution in [0.3, 0.4) is 0 Å². The Morgan fingerprint density at radius 1 is 1.41 bits per heavy atom. The molecule has 2 heterocycles. The van der Waals surface area contributed by atoms with Gasteiger partial charge in [0.15, 0.2) is 11.0 Å². The molecule has 0 unspecified atom stereocenters. The van der Waals surface area contributed by atoms with Crippen LogP contribution in [0.25, 0.3) is 0 Å². The van der Waals surface area contributed by atoms with Crippen LogP contribution in [0.1, 0.15) is 0 Å². The first kappa shape index (κ1) is 12.5. The summed E-state index contributed by atoms with van der Waals surface area (Å²) in [4.78, 5) is 8.39. The van der Waals surface area contributed by atoms with Crippen molar-refractivity contribution in [1.82, 2.24) is 14.5 Å². The highest BCUT2D eigenvalue weighted by molar-refractivity contribution is 7.99. The number of imidazole rings is 1. The highest BCUT2D eigenvalue weighted by Gasteiger charge is 2.12. The Hall–Kier alpha value is -0.950. The van der Waals surface area contributed by atoms with Gasteiger partial charge in [0.05, 0.1) is 10.0 Å². The molecule has 0 aliphatic rings. The average Bonchev–Trinajstić information content (AvgIpc) is 2.68. The number of nitrogens with one attached hydrogen (secondary N) is 1. The van der Waals surface area contributed by atoms with Crippen LogP contribution in [0.4, 0.5) is 5.82 Å². The van der Waals surface area contributed by atoms with E-state index in [1.54, 1.807) is 12.3 Å². The molecule has 0 bridgehead atoms. The molecule has 0 amide bonds. The van der Waals surface area contributed by atoms with Gasteiger partial charge in [-0.1, -0.05) is 23.2 Å². The highest BCUT2D eigenvalue weighted by Crippen LogP contribution is 2.34. The van der Waals surface area contributed by atoms with E-state index in [9.17, 15) is 0 Å². The number of halogens is 2. The van der Waals surface area contributed by atoms with E-state index < -0.39 is 0 Å². The van der Waals surface area contributed by atoms with Crippen molar-refractivity contribution in [2.45, 2.75) is 10.2 Å². The van der Waals surface area contributed by atoms with Gasteiger partial charge in [-0.2, -0.15) is 0 Å². The molecule has 2 rings (SSSR count). The summed E-state index contributed by atoms with van der Waals surface area (Å²) in [5, 5.41) is 2.21. The summed E-state index contributed by atoms with van der Waals surface area (Å²) in [7, 11) is 1.89. The quantitative estimate of drug-likeness (QED) is 0.671. The average molecular weight is 290 g/mol. The van der Waals surface area contributed by atoms with Gasteiger partial charge in [0.2, 0.25) is 0 Å². The number of hydrazine groups is 1. The lowest BCUT2D eigenvalue weighted by Crippen LogP contribution is -2.09. The number of nitrogens with two attached hydrogens (primary N) is 1. The van der Waals surface area contributed by atoms with Crippen LogP contribution in [0, 0.1) is 0 Å². The van der Waals surface area contributed by atoms with Gasteiger partial charge in [0.25, 0.3) is 0 Å². The van der Waals surface area contributed by atoms with Crippen LogP contribution < -0.4 is 11.3 Å². The molecule has 2 aromatic rings. The lowest BCUT2D eigenvalue weighted by Gasteiger charge is -2.07. The third-order valence-electron chi connectivity index (χ3n) is 2.00. The topological polar surface area (TPSA) is 68.8 Å². The van der Waals surface area contributed by atoms with Crippen LogP contribution in [-0.4, -0.2) is 14.5 Å². The number of hydrogen-bond acceptors (Lipinski definition) is 5. The van der Waals surface area contributed by atoms with Crippen LogP contribution in [0.5, 0.6) is 0 Å². The van der Waals surface area contributed by atoms with E-state index in [1.165, 1.54) is 11.8 Å². The Balaban J connectivity index is 2.36.